The first-order chi connectivity index (χ1) is 5.75. The van der Waals surface area contributed by atoms with E-state index >= 15 is 0 Å². The molecule has 0 unspecified atom stereocenters. The maximum Gasteiger partial charge on any atom is 0.188 e. The summed E-state index contributed by atoms with van der Waals surface area (Å²) in [6.45, 7) is 0.0665. The van der Waals surface area contributed by atoms with Gasteiger partial charge < -0.3 is 9.47 Å². The summed E-state index contributed by atoms with van der Waals surface area (Å²) < 4.78 is 23.3. The van der Waals surface area contributed by atoms with Crippen molar-refractivity contribution in [3.05, 3.63) is 27.6 Å². The van der Waals surface area contributed by atoms with Gasteiger partial charge in [-0.1, -0.05) is 6.07 Å². The third-order valence-corrected chi connectivity index (χ3v) is 2.08. The van der Waals surface area contributed by atoms with E-state index in [-0.39, 0.29) is 18.4 Å². The van der Waals surface area contributed by atoms with Crippen molar-refractivity contribution in [3.8, 4) is 5.75 Å². The Morgan fingerprint density at radius 2 is 2.25 bits per heavy atom. The molecule has 0 amide bonds. The highest BCUT2D eigenvalue weighted by atomic mass is 127. The molecule has 0 spiro atoms. The van der Waals surface area contributed by atoms with E-state index in [4.69, 9.17) is 4.74 Å². The van der Waals surface area contributed by atoms with Crippen molar-refractivity contribution in [3.63, 3.8) is 0 Å². The zero-order valence-corrected chi connectivity index (χ0v) is 8.67. The van der Waals surface area contributed by atoms with Crippen LogP contribution in [0.4, 0.5) is 4.39 Å². The number of ether oxygens (including phenoxy) is 2. The molecule has 12 heavy (non-hydrogen) atoms. The van der Waals surface area contributed by atoms with E-state index in [1.54, 1.807) is 18.2 Å². The number of hydrogen-bond donors (Lipinski definition) is 0. The van der Waals surface area contributed by atoms with E-state index in [0.29, 0.717) is 3.57 Å². The van der Waals surface area contributed by atoms with Crippen molar-refractivity contribution < 1.29 is 13.9 Å². The average Bonchev–Trinajstić information content (AvgIpc) is 2.08. The lowest BCUT2D eigenvalue weighted by Crippen LogP contribution is -2.01. The lowest BCUT2D eigenvalue weighted by molar-refractivity contribution is 0.0482. The van der Waals surface area contributed by atoms with Crippen LogP contribution in [0.1, 0.15) is 0 Å². The van der Waals surface area contributed by atoms with Crippen molar-refractivity contribution in [2.75, 3.05) is 13.9 Å². The van der Waals surface area contributed by atoms with Gasteiger partial charge in [-0.2, -0.15) is 0 Å². The lowest BCUT2D eigenvalue weighted by Gasteiger charge is -2.05. The molecule has 0 aliphatic heterocycles. The Bertz CT molecular complexity index is 265. The summed E-state index contributed by atoms with van der Waals surface area (Å²) in [5.41, 5.74) is 0. The Kier molecular flexibility index (Phi) is 3.74. The summed E-state index contributed by atoms with van der Waals surface area (Å²) in [7, 11) is 1.49. The Hall–Kier alpha value is -0.360. The van der Waals surface area contributed by atoms with Crippen molar-refractivity contribution >= 4 is 22.6 Å². The molecule has 0 fully saturated rings. The number of benzene rings is 1. The topological polar surface area (TPSA) is 18.5 Å². The van der Waals surface area contributed by atoms with Gasteiger partial charge in [0, 0.05) is 7.11 Å². The number of rotatable bonds is 3. The quantitative estimate of drug-likeness (QED) is 0.626. The molecule has 1 aromatic rings. The molecule has 0 saturated heterocycles. The third-order valence-electron chi connectivity index (χ3n) is 1.25. The summed E-state index contributed by atoms with van der Waals surface area (Å²) in [6, 6.07) is 4.97. The monoisotopic (exact) mass is 282 g/mol. The van der Waals surface area contributed by atoms with Crippen molar-refractivity contribution in [1.29, 1.82) is 0 Å². The number of methoxy groups -OCH3 is 1. The highest BCUT2D eigenvalue weighted by molar-refractivity contribution is 14.1. The van der Waals surface area contributed by atoms with Crippen LogP contribution in [0.3, 0.4) is 0 Å². The Morgan fingerprint density at radius 3 is 2.92 bits per heavy atom. The maximum absolute atomic E-state index is 13.1. The fourth-order valence-electron chi connectivity index (χ4n) is 0.718. The van der Waals surface area contributed by atoms with Gasteiger partial charge in [-0.3, -0.25) is 0 Å². The van der Waals surface area contributed by atoms with Gasteiger partial charge in [-0.05, 0) is 34.7 Å². The van der Waals surface area contributed by atoms with Gasteiger partial charge in [-0.25, -0.2) is 4.39 Å². The number of hydrogen-bond acceptors (Lipinski definition) is 2. The summed E-state index contributed by atoms with van der Waals surface area (Å²) >= 11 is 1.91. The van der Waals surface area contributed by atoms with E-state index in [1.165, 1.54) is 7.11 Å². The Morgan fingerprint density at radius 1 is 1.50 bits per heavy atom. The standard InChI is InChI=1S/C8H8FIO2/c1-11-5-12-7-4-2-3-6(10)8(7)9/h2-4H,5H2,1H3. The van der Waals surface area contributed by atoms with Gasteiger partial charge in [-0.15, -0.1) is 0 Å². The Balaban J connectivity index is 2.78. The summed E-state index contributed by atoms with van der Waals surface area (Å²) in [4.78, 5) is 0. The summed E-state index contributed by atoms with van der Waals surface area (Å²) in [5.74, 6) is -0.112. The molecular weight excluding hydrogens is 274 g/mol. The van der Waals surface area contributed by atoms with Gasteiger partial charge in [0.25, 0.3) is 0 Å². The first-order valence-corrected chi connectivity index (χ1v) is 4.39. The molecule has 4 heteroatoms. The van der Waals surface area contributed by atoms with E-state index < -0.39 is 0 Å². The molecule has 0 saturated carbocycles. The zero-order chi connectivity index (χ0) is 8.97. The van der Waals surface area contributed by atoms with Gasteiger partial charge in [0.2, 0.25) is 0 Å². The van der Waals surface area contributed by atoms with Crippen LogP contribution in [0.15, 0.2) is 18.2 Å². The molecule has 66 valence electrons. The van der Waals surface area contributed by atoms with Crippen molar-refractivity contribution in [2.24, 2.45) is 0 Å². The molecule has 0 heterocycles. The highest BCUT2D eigenvalue weighted by Gasteiger charge is 2.05. The normalized spacial score (nSPS) is 9.92. The molecule has 0 aliphatic carbocycles. The minimum Gasteiger partial charge on any atom is -0.464 e. The van der Waals surface area contributed by atoms with Crippen LogP contribution in [0.5, 0.6) is 5.75 Å². The van der Waals surface area contributed by atoms with Crippen LogP contribution >= 0.6 is 22.6 Å². The predicted molar refractivity (Wildman–Crippen MR) is 51.6 cm³/mol. The molecule has 0 bridgehead atoms. The highest BCUT2D eigenvalue weighted by Crippen LogP contribution is 2.21. The smallest absolute Gasteiger partial charge is 0.188 e. The second-order valence-electron chi connectivity index (χ2n) is 2.10. The first kappa shape index (κ1) is 9.73. The van der Waals surface area contributed by atoms with Crippen molar-refractivity contribution in [2.45, 2.75) is 0 Å². The molecule has 2 nitrogen and oxygen atoms in total. The van der Waals surface area contributed by atoms with Gasteiger partial charge in [0.15, 0.2) is 18.4 Å². The average molecular weight is 282 g/mol. The molecular formula is C8H8FIO2. The zero-order valence-electron chi connectivity index (χ0n) is 6.51. The largest absolute Gasteiger partial charge is 0.464 e. The van der Waals surface area contributed by atoms with E-state index in [1.807, 2.05) is 22.6 Å². The van der Waals surface area contributed by atoms with Crippen LogP contribution in [0.25, 0.3) is 0 Å². The minimum absolute atomic E-state index is 0.0665. The number of halogens is 2. The predicted octanol–water partition coefficient (Wildman–Crippen LogP) is 2.41. The van der Waals surface area contributed by atoms with E-state index in [0.717, 1.165) is 0 Å². The van der Waals surface area contributed by atoms with Gasteiger partial charge >= 0.3 is 0 Å². The first-order valence-electron chi connectivity index (χ1n) is 3.31. The fourth-order valence-corrected chi connectivity index (χ4v) is 1.19. The van der Waals surface area contributed by atoms with Crippen LogP contribution < -0.4 is 4.74 Å². The van der Waals surface area contributed by atoms with Crippen molar-refractivity contribution in [1.82, 2.24) is 0 Å². The molecule has 0 atom stereocenters. The van der Waals surface area contributed by atoms with Gasteiger partial charge in [0.05, 0.1) is 3.57 Å². The van der Waals surface area contributed by atoms with Crippen LogP contribution in [-0.4, -0.2) is 13.9 Å². The minimum atomic E-state index is -0.338. The van der Waals surface area contributed by atoms with E-state index in [2.05, 4.69) is 4.74 Å². The molecule has 0 N–H and O–H groups in total. The molecule has 0 aromatic heterocycles. The molecule has 1 aromatic carbocycles. The third kappa shape index (κ3) is 2.31. The summed E-state index contributed by atoms with van der Waals surface area (Å²) in [6.07, 6.45) is 0. The van der Waals surface area contributed by atoms with E-state index in [9.17, 15) is 4.39 Å². The fraction of sp³-hybridized carbons (Fsp3) is 0.250. The maximum atomic E-state index is 13.1. The molecule has 0 radical (unpaired) electrons. The second kappa shape index (κ2) is 4.61. The van der Waals surface area contributed by atoms with Crippen LogP contribution in [0.2, 0.25) is 0 Å². The molecule has 1 rings (SSSR count). The van der Waals surface area contributed by atoms with Crippen LogP contribution in [-0.2, 0) is 4.74 Å². The molecule has 0 aliphatic rings. The second-order valence-corrected chi connectivity index (χ2v) is 3.27. The lowest BCUT2D eigenvalue weighted by atomic mass is 10.3. The SMILES string of the molecule is COCOc1cccc(I)c1F. The summed E-state index contributed by atoms with van der Waals surface area (Å²) in [5, 5.41) is 0. The van der Waals surface area contributed by atoms with Crippen LogP contribution in [0, 0.1) is 9.39 Å². The van der Waals surface area contributed by atoms with Gasteiger partial charge in [0.1, 0.15) is 0 Å². The Labute approximate surface area is 83.8 Å².